The van der Waals surface area contributed by atoms with Gasteiger partial charge in [-0.2, -0.15) is 0 Å². The highest BCUT2D eigenvalue weighted by Crippen LogP contribution is 2.35. The van der Waals surface area contributed by atoms with Gasteiger partial charge < -0.3 is 19.5 Å². The van der Waals surface area contributed by atoms with E-state index in [1.165, 1.54) is 20.3 Å². The molecule has 136 valence electrons. The molecule has 2 rings (SSSR count). The third-order valence-electron chi connectivity index (χ3n) is 3.41. The van der Waals surface area contributed by atoms with E-state index in [9.17, 15) is 4.79 Å². The zero-order chi connectivity index (χ0) is 18.9. The van der Waals surface area contributed by atoms with Crippen LogP contribution in [0.1, 0.15) is 5.56 Å². The Labute approximate surface area is 157 Å². The summed E-state index contributed by atoms with van der Waals surface area (Å²) in [6.45, 7) is 4.05. The lowest BCUT2D eigenvalue weighted by Gasteiger charge is -2.12. The van der Waals surface area contributed by atoms with Crippen LogP contribution in [-0.4, -0.2) is 26.7 Å². The van der Waals surface area contributed by atoms with E-state index < -0.39 is 0 Å². The zero-order valence-electron chi connectivity index (χ0n) is 14.6. The number of methoxy groups -OCH3 is 2. The van der Waals surface area contributed by atoms with Gasteiger partial charge in [-0.15, -0.1) is 0 Å². The minimum absolute atomic E-state index is 0.306. The van der Waals surface area contributed by atoms with Gasteiger partial charge in [-0.3, -0.25) is 4.79 Å². The molecule has 26 heavy (non-hydrogen) atoms. The van der Waals surface area contributed by atoms with E-state index >= 15 is 0 Å². The van der Waals surface area contributed by atoms with Gasteiger partial charge in [0, 0.05) is 18.2 Å². The SMILES string of the molecule is C=CCOc1ccc(/C=C/C(=O)Nc2cc(OC)c(Cl)cc2OC)cc1. The number of carbonyl (C=O) groups excluding carboxylic acids is 1. The second kappa shape index (κ2) is 9.53. The molecule has 0 bridgehead atoms. The maximum absolute atomic E-state index is 12.2. The van der Waals surface area contributed by atoms with Crippen LogP contribution in [0.25, 0.3) is 6.08 Å². The molecule has 5 nitrogen and oxygen atoms in total. The summed E-state index contributed by atoms with van der Waals surface area (Å²) in [7, 11) is 3.00. The van der Waals surface area contributed by atoms with Crippen LogP contribution in [0.15, 0.2) is 55.1 Å². The van der Waals surface area contributed by atoms with E-state index in [0.717, 1.165) is 11.3 Å². The number of rotatable bonds is 8. The third-order valence-corrected chi connectivity index (χ3v) is 3.70. The number of benzene rings is 2. The van der Waals surface area contributed by atoms with E-state index in [-0.39, 0.29) is 5.91 Å². The van der Waals surface area contributed by atoms with Crippen molar-refractivity contribution in [2.24, 2.45) is 0 Å². The molecule has 0 aliphatic rings. The molecule has 1 N–H and O–H groups in total. The predicted molar refractivity (Wildman–Crippen MR) is 104 cm³/mol. The second-order valence-electron chi connectivity index (χ2n) is 5.18. The van der Waals surface area contributed by atoms with Crippen LogP contribution in [-0.2, 0) is 4.79 Å². The van der Waals surface area contributed by atoms with Gasteiger partial charge >= 0.3 is 0 Å². The minimum Gasteiger partial charge on any atom is -0.495 e. The number of hydrogen-bond donors (Lipinski definition) is 1. The fourth-order valence-corrected chi connectivity index (χ4v) is 2.37. The number of carbonyl (C=O) groups is 1. The third kappa shape index (κ3) is 5.29. The average Bonchev–Trinajstić information content (AvgIpc) is 2.66. The molecule has 0 unspecified atom stereocenters. The summed E-state index contributed by atoms with van der Waals surface area (Å²) in [6, 6.07) is 10.6. The summed E-state index contributed by atoms with van der Waals surface area (Å²) in [5, 5.41) is 3.15. The smallest absolute Gasteiger partial charge is 0.248 e. The number of ether oxygens (including phenoxy) is 3. The summed E-state index contributed by atoms with van der Waals surface area (Å²) in [6.07, 6.45) is 4.81. The molecule has 2 aromatic rings. The van der Waals surface area contributed by atoms with Crippen molar-refractivity contribution in [3.05, 3.63) is 65.7 Å². The summed E-state index contributed by atoms with van der Waals surface area (Å²) < 4.78 is 15.8. The molecule has 1 amide bonds. The fourth-order valence-electron chi connectivity index (χ4n) is 2.13. The normalized spacial score (nSPS) is 10.4. The van der Waals surface area contributed by atoms with Gasteiger partial charge in [0.2, 0.25) is 5.91 Å². The van der Waals surface area contributed by atoms with Crippen molar-refractivity contribution in [2.45, 2.75) is 0 Å². The van der Waals surface area contributed by atoms with Crippen molar-refractivity contribution in [3.63, 3.8) is 0 Å². The van der Waals surface area contributed by atoms with Crippen molar-refractivity contribution in [1.82, 2.24) is 0 Å². The molecule has 0 saturated heterocycles. The molecule has 0 radical (unpaired) electrons. The largest absolute Gasteiger partial charge is 0.495 e. The fraction of sp³-hybridized carbons (Fsp3) is 0.150. The lowest BCUT2D eigenvalue weighted by Crippen LogP contribution is -2.09. The van der Waals surface area contributed by atoms with E-state index in [1.807, 2.05) is 24.3 Å². The Morgan fingerprint density at radius 2 is 1.85 bits per heavy atom. The van der Waals surface area contributed by atoms with E-state index in [2.05, 4.69) is 11.9 Å². The molecule has 0 fully saturated rings. The van der Waals surface area contributed by atoms with Gasteiger partial charge in [0.15, 0.2) is 0 Å². The lowest BCUT2D eigenvalue weighted by atomic mass is 10.2. The first-order chi connectivity index (χ1) is 12.6. The topological polar surface area (TPSA) is 56.8 Å². The van der Waals surface area contributed by atoms with Crippen LogP contribution in [0.5, 0.6) is 17.2 Å². The molecule has 0 atom stereocenters. The quantitative estimate of drug-likeness (QED) is 0.543. The molecule has 2 aromatic carbocycles. The molecule has 0 aliphatic heterocycles. The second-order valence-corrected chi connectivity index (χ2v) is 5.59. The Morgan fingerprint density at radius 3 is 2.46 bits per heavy atom. The van der Waals surface area contributed by atoms with Crippen LogP contribution < -0.4 is 19.5 Å². The Bertz CT molecular complexity index is 800. The molecular formula is C20H20ClNO4. The number of anilines is 1. The molecular weight excluding hydrogens is 354 g/mol. The van der Waals surface area contributed by atoms with Gasteiger partial charge in [-0.25, -0.2) is 0 Å². The highest BCUT2D eigenvalue weighted by Gasteiger charge is 2.11. The van der Waals surface area contributed by atoms with E-state index in [1.54, 1.807) is 24.3 Å². The molecule has 0 aliphatic carbocycles. The van der Waals surface area contributed by atoms with Crippen molar-refractivity contribution in [2.75, 3.05) is 26.1 Å². The maximum Gasteiger partial charge on any atom is 0.248 e. The van der Waals surface area contributed by atoms with Crippen molar-refractivity contribution in [1.29, 1.82) is 0 Å². The van der Waals surface area contributed by atoms with Gasteiger partial charge in [0.25, 0.3) is 0 Å². The first-order valence-corrected chi connectivity index (χ1v) is 8.19. The molecule has 0 saturated carbocycles. The molecule has 0 heterocycles. The molecule has 0 aromatic heterocycles. The highest BCUT2D eigenvalue weighted by atomic mass is 35.5. The van der Waals surface area contributed by atoms with Gasteiger partial charge in [-0.05, 0) is 23.8 Å². The highest BCUT2D eigenvalue weighted by molar-refractivity contribution is 6.32. The maximum atomic E-state index is 12.2. The average molecular weight is 374 g/mol. The van der Waals surface area contributed by atoms with E-state index in [0.29, 0.717) is 28.8 Å². The van der Waals surface area contributed by atoms with E-state index in [4.69, 9.17) is 25.8 Å². The Hall–Kier alpha value is -2.92. The zero-order valence-corrected chi connectivity index (χ0v) is 15.4. The van der Waals surface area contributed by atoms with Crippen LogP contribution in [0.3, 0.4) is 0 Å². The van der Waals surface area contributed by atoms with Crippen LogP contribution in [0.4, 0.5) is 5.69 Å². The Balaban J connectivity index is 2.06. The summed E-state index contributed by atoms with van der Waals surface area (Å²) in [5.74, 6) is 1.33. The van der Waals surface area contributed by atoms with Gasteiger partial charge in [-0.1, -0.05) is 36.4 Å². The summed E-state index contributed by atoms with van der Waals surface area (Å²) in [5.41, 5.74) is 1.34. The number of amides is 1. The minimum atomic E-state index is -0.306. The standard InChI is InChI=1S/C20H20ClNO4/c1-4-11-26-15-8-5-14(6-9-15)7-10-20(23)22-17-13-18(24-2)16(21)12-19(17)25-3/h4-10,12-13H,1,11H2,2-3H3,(H,22,23)/b10-7+. The van der Waals surface area contributed by atoms with Gasteiger partial charge in [0.1, 0.15) is 23.9 Å². The number of hydrogen-bond acceptors (Lipinski definition) is 4. The molecule has 0 spiro atoms. The van der Waals surface area contributed by atoms with Crippen LogP contribution >= 0.6 is 11.6 Å². The molecule has 6 heteroatoms. The van der Waals surface area contributed by atoms with Crippen molar-refractivity contribution in [3.8, 4) is 17.2 Å². The predicted octanol–water partition coefficient (Wildman–Crippen LogP) is 4.57. The van der Waals surface area contributed by atoms with Gasteiger partial charge in [0.05, 0.1) is 24.9 Å². The first-order valence-electron chi connectivity index (χ1n) is 7.81. The lowest BCUT2D eigenvalue weighted by molar-refractivity contribution is -0.111. The van der Waals surface area contributed by atoms with Crippen LogP contribution in [0.2, 0.25) is 5.02 Å². The van der Waals surface area contributed by atoms with Crippen molar-refractivity contribution < 1.29 is 19.0 Å². The first kappa shape index (κ1) is 19.4. The monoisotopic (exact) mass is 373 g/mol. The Kier molecular flexibility index (Phi) is 7.12. The van der Waals surface area contributed by atoms with Crippen LogP contribution in [0, 0.1) is 0 Å². The summed E-state index contributed by atoms with van der Waals surface area (Å²) >= 11 is 6.06. The van der Waals surface area contributed by atoms with Crippen molar-refractivity contribution >= 4 is 29.3 Å². The number of halogens is 1. The summed E-state index contributed by atoms with van der Waals surface area (Å²) in [4.78, 5) is 12.2. The number of nitrogens with one attached hydrogen (secondary N) is 1. The Morgan fingerprint density at radius 1 is 1.15 bits per heavy atom.